The van der Waals surface area contributed by atoms with Gasteiger partial charge in [0, 0.05) is 19.7 Å². The largest absolute Gasteiger partial charge is 0.388 e. The Bertz CT molecular complexity index is 449. The Morgan fingerprint density at radius 3 is 3.10 bits per heavy atom. The van der Waals surface area contributed by atoms with Gasteiger partial charge in [0.2, 0.25) is 0 Å². The predicted molar refractivity (Wildman–Crippen MR) is 81.5 cm³/mol. The number of anilines is 1. The predicted octanol–water partition coefficient (Wildman–Crippen LogP) is 2.91. The Morgan fingerprint density at radius 2 is 2.30 bits per heavy atom. The van der Waals surface area contributed by atoms with Crippen LogP contribution in [-0.4, -0.2) is 35.9 Å². The van der Waals surface area contributed by atoms with Gasteiger partial charge in [0.15, 0.2) is 5.13 Å². The maximum Gasteiger partial charge on any atom is 0.185 e. The maximum absolute atomic E-state index is 10.1. The number of aliphatic hydroxyl groups excluding tert-OH is 1. The number of hydrogen-bond donors (Lipinski definition) is 1. The van der Waals surface area contributed by atoms with E-state index in [1.54, 1.807) is 11.3 Å². The van der Waals surface area contributed by atoms with Gasteiger partial charge in [0.1, 0.15) is 0 Å². The average Bonchev–Trinajstić information content (AvgIpc) is 2.91. The molecular weight excluding hydrogens is 272 g/mol. The van der Waals surface area contributed by atoms with Crippen molar-refractivity contribution in [2.75, 3.05) is 24.6 Å². The molecule has 20 heavy (non-hydrogen) atoms. The number of nitrogens with zero attached hydrogens (tertiary/aromatic N) is 2. The van der Waals surface area contributed by atoms with Crippen LogP contribution in [0.2, 0.25) is 0 Å². The van der Waals surface area contributed by atoms with Crippen LogP contribution in [0, 0.1) is 0 Å². The Balaban J connectivity index is 1.69. The van der Waals surface area contributed by atoms with E-state index in [0.717, 1.165) is 67.5 Å². The number of fused-ring (bicyclic) bond motifs is 1. The van der Waals surface area contributed by atoms with Gasteiger partial charge in [0.05, 0.1) is 22.8 Å². The molecule has 0 spiro atoms. The number of piperidine rings is 1. The monoisotopic (exact) mass is 296 g/mol. The molecule has 0 amide bonds. The Hall–Kier alpha value is -0.650. The fourth-order valence-corrected chi connectivity index (χ4v) is 4.22. The fraction of sp³-hybridized carbons (Fsp3) is 0.800. The van der Waals surface area contributed by atoms with E-state index >= 15 is 0 Å². The summed E-state index contributed by atoms with van der Waals surface area (Å²) >= 11 is 1.69. The quantitative estimate of drug-likeness (QED) is 0.928. The first-order valence-electron chi connectivity index (χ1n) is 7.82. The minimum Gasteiger partial charge on any atom is -0.388 e. The van der Waals surface area contributed by atoms with Crippen molar-refractivity contribution < 1.29 is 9.84 Å². The van der Waals surface area contributed by atoms with E-state index < -0.39 is 0 Å². The van der Waals surface area contributed by atoms with Gasteiger partial charge in [0.25, 0.3) is 0 Å². The normalized spacial score (nSPS) is 26.6. The lowest BCUT2D eigenvalue weighted by atomic mass is 10.0. The average molecular weight is 296 g/mol. The molecule has 0 aromatic carbocycles. The summed E-state index contributed by atoms with van der Waals surface area (Å²) in [4.78, 5) is 8.22. The molecule has 2 unspecified atom stereocenters. The molecule has 1 fully saturated rings. The Labute approximate surface area is 124 Å². The van der Waals surface area contributed by atoms with Crippen molar-refractivity contribution in [2.24, 2.45) is 0 Å². The van der Waals surface area contributed by atoms with Crippen molar-refractivity contribution in [3.8, 4) is 0 Å². The van der Waals surface area contributed by atoms with Crippen LogP contribution in [0.5, 0.6) is 0 Å². The van der Waals surface area contributed by atoms with Crippen LogP contribution in [-0.2, 0) is 11.2 Å². The van der Waals surface area contributed by atoms with Crippen molar-refractivity contribution in [3.63, 3.8) is 0 Å². The van der Waals surface area contributed by atoms with Crippen molar-refractivity contribution in [1.29, 1.82) is 0 Å². The summed E-state index contributed by atoms with van der Waals surface area (Å²) in [7, 11) is 0. The first kappa shape index (κ1) is 14.3. The van der Waals surface area contributed by atoms with Crippen LogP contribution in [0.3, 0.4) is 0 Å². The Kier molecular flexibility index (Phi) is 4.58. The van der Waals surface area contributed by atoms with Gasteiger partial charge in [-0.3, -0.25) is 0 Å². The van der Waals surface area contributed by atoms with E-state index in [1.807, 2.05) is 0 Å². The van der Waals surface area contributed by atoms with Crippen LogP contribution in [0.15, 0.2) is 0 Å². The van der Waals surface area contributed by atoms with Crippen LogP contribution in [0.4, 0.5) is 5.13 Å². The molecule has 0 radical (unpaired) electrons. The number of hydrogen-bond acceptors (Lipinski definition) is 5. The molecule has 0 bridgehead atoms. The lowest BCUT2D eigenvalue weighted by Crippen LogP contribution is -2.39. The minimum atomic E-state index is -0.290. The highest BCUT2D eigenvalue weighted by atomic mass is 32.1. The molecule has 5 heteroatoms. The van der Waals surface area contributed by atoms with Gasteiger partial charge in [-0.25, -0.2) is 4.98 Å². The van der Waals surface area contributed by atoms with Crippen molar-refractivity contribution in [1.82, 2.24) is 4.98 Å². The number of rotatable bonds is 4. The summed E-state index contributed by atoms with van der Waals surface area (Å²) in [6.45, 7) is 5.01. The zero-order chi connectivity index (χ0) is 13.9. The second-order valence-corrected chi connectivity index (χ2v) is 6.81. The molecule has 2 heterocycles. The van der Waals surface area contributed by atoms with Gasteiger partial charge >= 0.3 is 0 Å². The third-order valence-electron chi connectivity index (χ3n) is 4.12. The van der Waals surface area contributed by atoms with E-state index in [0.29, 0.717) is 6.10 Å². The van der Waals surface area contributed by atoms with Gasteiger partial charge in [-0.2, -0.15) is 0 Å². The zero-order valence-corrected chi connectivity index (χ0v) is 13.0. The molecule has 1 aliphatic heterocycles. The zero-order valence-electron chi connectivity index (χ0n) is 12.2. The molecule has 1 aromatic rings. The molecule has 2 atom stereocenters. The molecule has 4 nitrogen and oxygen atoms in total. The second kappa shape index (κ2) is 6.41. The highest BCUT2D eigenvalue weighted by Crippen LogP contribution is 2.38. The summed E-state index contributed by atoms with van der Waals surface area (Å²) in [6, 6.07) is 0. The van der Waals surface area contributed by atoms with Crippen LogP contribution in [0.25, 0.3) is 0 Å². The molecule has 1 N–H and O–H groups in total. The fourth-order valence-electron chi connectivity index (χ4n) is 3.05. The third kappa shape index (κ3) is 3.00. The van der Waals surface area contributed by atoms with Crippen LogP contribution in [0.1, 0.15) is 55.7 Å². The highest BCUT2D eigenvalue weighted by molar-refractivity contribution is 7.15. The third-order valence-corrected chi connectivity index (χ3v) is 5.38. The van der Waals surface area contributed by atoms with Crippen molar-refractivity contribution >= 4 is 16.5 Å². The number of thiazole rings is 1. The summed E-state index contributed by atoms with van der Waals surface area (Å²) in [5.74, 6) is 0. The number of aliphatic hydroxyl groups is 1. The second-order valence-electron chi connectivity index (χ2n) is 5.80. The van der Waals surface area contributed by atoms with E-state index in [-0.39, 0.29) is 6.10 Å². The molecule has 1 aromatic heterocycles. The van der Waals surface area contributed by atoms with Gasteiger partial charge in [-0.1, -0.05) is 18.3 Å². The van der Waals surface area contributed by atoms with E-state index in [9.17, 15) is 5.11 Å². The molecule has 1 saturated heterocycles. The summed E-state index contributed by atoms with van der Waals surface area (Å²) < 4.78 is 5.89. The Morgan fingerprint density at radius 1 is 1.40 bits per heavy atom. The SMILES string of the molecule is CCCOC1CCCN(c2nc3c(s2)C(O)CCC3)C1. The molecule has 3 rings (SSSR count). The van der Waals surface area contributed by atoms with Gasteiger partial charge < -0.3 is 14.7 Å². The standard InChI is InChI=1S/C15H24N2O2S/c1-2-9-19-11-5-4-8-17(10-11)15-16-12-6-3-7-13(18)14(12)20-15/h11,13,18H,2-10H2,1H3. The lowest BCUT2D eigenvalue weighted by molar-refractivity contribution is 0.0440. The van der Waals surface area contributed by atoms with Crippen LogP contribution >= 0.6 is 11.3 Å². The highest BCUT2D eigenvalue weighted by Gasteiger charge is 2.27. The molecule has 0 saturated carbocycles. The first-order valence-corrected chi connectivity index (χ1v) is 8.63. The minimum absolute atomic E-state index is 0.290. The summed E-state index contributed by atoms with van der Waals surface area (Å²) in [5.41, 5.74) is 1.13. The van der Waals surface area contributed by atoms with E-state index in [4.69, 9.17) is 9.72 Å². The molecule has 2 aliphatic rings. The van der Waals surface area contributed by atoms with Gasteiger partial charge in [-0.05, 0) is 38.5 Å². The lowest BCUT2D eigenvalue weighted by Gasteiger charge is -2.32. The van der Waals surface area contributed by atoms with Crippen LogP contribution < -0.4 is 4.90 Å². The van der Waals surface area contributed by atoms with Gasteiger partial charge in [-0.15, -0.1) is 0 Å². The first-order chi connectivity index (χ1) is 9.78. The smallest absolute Gasteiger partial charge is 0.185 e. The van der Waals surface area contributed by atoms with Crippen molar-refractivity contribution in [3.05, 3.63) is 10.6 Å². The number of ether oxygens (including phenoxy) is 1. The molecule has 1 aliphatic carbocycles. The maximum atomic E-state index is 10.1. The summed E-state index contributed by atoms with van der Waals surface area (Å²) in [5, 5.41) is 11.2. The van der Waals surface area contributed by atoms with Crippen molar-refractivity contribution in [2.45, 2.75) is 57.7 Å². The number of aryl methyl sites for hydroxylation is 1. The van der Waals surface area contributed by atoms with E-state index in [1.165, 1.54) is 6.42 Å². The molecular formula is C15H24N2O2S. The molecule has 112 valence electrons. The topological polar surface area (TPSA) is 45.6 Å². The summed E-state index contributed by atoms with van der Waals surface area (Å²) in [6.07, 6.45) is 6.42. The van der Waals surface area contributed by atoms with E-state index in [2.05, 4.69) is 11.8 Å². The number of aromatic nitrogens is 1.